The van der Waals surface area contributed by atoms with Crippen molar-refractivity contribution in [1.82, 2.24) is 14.9 Å². The number of nitrogens with zero attached hydrogens (tertiary/aromatic N) is 3. The first-order valence-electron chi connectivity index (χ1n) is 7.02. The van der Waals surface area contributed by atoms with Gasteiger partial charge >= 0.3 is 0 Å². The number of benzene rings is 1. The molecule has 5 heteroatoms. The van der Waals surface area contributed by atoms with Crippen molar-refractivity contribution < 1.29 is 0 Å². The molecular formula is C16H18BrN3S. The molecule has 0 saturated carbocycles. The molecule has 0 N–H and O–H groups in total. The van der Waals surface area contributed by atoms with Gasteiger partial charge in [-0.05, 0) is 30.4 Å². The van der Waals surface area contributed by atoms with Crippen molar-refractivity contribution in [1.29, 1.82) is 0 Å². The van der Waals surface area contributed by atoms with E-state index in [1.54, 1.807) is 11.8 Å². The van der Waals surface area contributed by atoms with Gasteiger partial charge in [-0.15, -0.1) is 0 Å². The smallest absolute Gasteiger partial charge is 0.187 e. The van der Waals surface area contributed by atoms with E-state index in [0.717, 1.165) is 31.2 Å². The van der Waals surface area contributed by atoms with Crippen LogP contribution in [0.5, 0.6) is 0 Å². The maximum atomic E-state index is 4.62. The van der Waals surface area contributed by atoms with Crippen LogP contribution in [0.1, 0.15) is 22.4 Å². The van der Waals surface area contributed by atoms with Crippen molar-refractivity contribution in [3.05, 3.63) is 51.3 Å². The van der Waals surface area contributed by atoms with Crippen LogP contribution in [0.3, 0.4) is 0 Å². The molecule has 0 spiro atoms. The lowest BCUT2D eigenvalue weighted by Crippen LogP contribution is -2.31. The second-order valence-corrected chi connectivity index (χ2v) is 7.01. The van der Waals surface area contributed by atoms with E-state index in [-0.39, 0.29) is 0 Å². The molecule has 0 amide bonds. The quantitative estimate of drug-likeness (QED) is 0.612. The molecule has 0 unspecified atom stereocenters. The van der Waals surface area contributed by atoms with Crippen molar-refractivity contribution in [3.8, 4) is 0 Å². The predicted octanol–water partition coefficient (Wildman–Crippen LogP) is 3.83. The first-order chi connectivity index (χ1) is 10.2. The molecule has 1 aromatic carbocycles. The molecule has 0 aliphatic carbocycles. The predicted molar refractivity (Wildman–Crippen MR) is 90.5 cm³/mol. The number of hydrogen-bond donors (Lipinski definition) is 0. The van der Waals surface area contributed by atoms with Crippen LogP contribution in [0.2, 0.25) is 0 Å². The fourth-order valence-corrected chi connectivity index (χ4v) is 3.59. The summed E-state index contributed by atoms with van der Waals surface area (Å²) < 4.78 is 1.20. The molecule has 3 rings (SSSR count). The highest BCUT2D eigenvalue weighted by atomic mass is 79.9. The molecular weight excluding hydrogens is 346 g/mol. The van der Waals surface area contributed by atoms with Crippen LogP contribution in [-0.2, 0) is 19.5 Å². The Balaban J connectivity index is 1.74. The lowest BCUT2D eigenvalue weighted by Gasteiger charge is -2.28. The minimum Gasteiger partial charge on any atom is -0.294 e. The summed E-state index contributed by atoms with van der Waals surface area (Å²) >= 11 is 5.28. The molecule has 0 saturated heterocycles. The lowest BCUT2D eigenvalue weighted by atomic mass is 10.1. The first kappa shape index (κ1) is 15.0. The summed E-state index contributed by atoms with van der Waals surface area (Å²) in [6, 6.07) is 6.56. The number of thioether (sulfide) groups is 1. The molecule has 21 heavy (non-hydrogen) atoms. The summed E-state index contributed by atoms with van der Waals surface area (Å²) in [6.45, 7) is 5.07. The van der Waals surface area contributed by atoms with Gasteiger partial charge in [-0.3, -0.25) is 4.90 Å². The average molecular weight is 364 g/mol. The third kappa shape index (κ3) is 3.47. The SMILES string of the molecule is CSc1ncc2c(n1)CCN(Cc1ccc(C)cc1Br)C2. The normalized spacial score (nSPS) is 15.0. The van der Waals surface area contributed by atoms with E-state index in [9.17, 15) is 0 Å². The van der Waals surface area contributed by atoms with Crippen molar-refractivity contribution in [2.24, 2.45) is 0 Å². The number of rotatable bonds is 3. The minimum atomic E-state index is 0.878. The molecule has 3 nitrogen and oxygen atoms in total. The Morgan fingerprint density at radius 2 is 2.24 bits per heavy atom. The monoisotopic (exact) mass is 363 g/mol. The van der Waals surface area contributed by atoms with E-state index in [4.69, 9.17) is 0 Å². The zero-order valence-corrected chi connectivity index (χ0v) is 14.7. The van der Waals surface area contributed by atoms with E-state index in [1.165, 1.54) is 26.9 Å². The zero-order valence-electron chi connectivity index (χ0n) is 12.3. The van der Waals surface area contributed by atoms with Crippen LogP contribution in [0, 0.1) is 6.92 Å². The minimum absolute atomic E-state index is 0.878. The third-order valence-corrected chi connectivity index (χ3v) is 5.08. The molecule has 2 aromatic rings. The lowest BCUT2D eigenvalue weighted by molar-refractivity contribution is 0.241. The topological polar surface area (TPSA) is 29.0 Å². The second kappa shape index (κ2) is 6.46. The van der Waals surface area contributed by atoms with Crippen LogP contribution in [-0.4, -0.2) is 27.7 Å². The molecule has 1 aliphatic heterocycles. The zero-order chi connectivity index (χ0) is 14.8. The summed E-state index contributed by atoms with van der Waals surface area (Å²) in [5, 5.41) is 0.878. The third-order valence-electron chi connectivity index (χ3n) is 3.78. The molecule has 1 aliphatic rings. The molecule has 0 bridgehead atoms. The summed E-state index contributed by atoms with van der Waals surface area (Å²) in [6.07, 6.45) is 5.02. The Hall–Kier alpha value is -0.910. The number of halogens is 1. The first-order valence-corrected chi connectivity index (χ1v) is 9.03. The highest BCUT2D eigenvalue weighted by molar-refractivity contribution is 9.10. The Morgan fingerprint density at radius 1 is 1.38 bits per heavy atom. The second-order valence-electron chi connectivity index (χ2n) is 5.38. The van der Waals surface area contributed by atoms with Crippen LogP contribution in [0.15, 0.2) is 34.0 Å². The number of fused-ring (bicyclic) bond motifs is 1. The average Bonchev–Trinajstić information content (AvgIpc) is 2.49. The van der Waals surface area contributed by atoms with Gasteiger partial charge in [0.05, 0.1) is 5.69 Å². The van der Waals surface area contributed by atoms with Crippen LogP contribution < -0.4 is 0 Å². The molecule has 0 fully saturated rings. The fourth-order valence-electron chi connectivity index (χ4n) is 2.61. The van der Waals surface area contributed by atoms with Gasteiger partial charge < -0.3 is 0 Å². The standard InChI is InChI=1S/C16H18BrN3S/c1-11-3-4-12(14(17)7-11)9-20-6-5-15-13(10-20)8-18-16(19-15)21-2/h3-4,7-8H,5-6,9-10H2,1-2H3. The van der Waals surface area contributed by atoms with Crippen molar-refractivity contribution >= 4 is 27.7 Å². The van der Waals surface area contributed by atoms with Crippen LogP contribution >= 0.6 is 27.7 Å². The van der Waals surface area contributed by atoms with Crippen LogP contribution in [0.25, 0.3) is 0 Å². The Labute approximate surface area is 138 Å². The van der Waals surface area contributed by atoms with Crippen molar-refractivity contribution in [3.63, 3.8) is 0 Å². The summed E-state index contributed by atoms with van der Waals surface area (Å²) in [7, 11) is 0. The molecule has 110 valence electrons. The maximum absolute atomic E-state index is 4.62. The molecule has 0 atom stereocenters. The van der Waals surface area contributed by atoms with Gasteiger partial charge in [-0.2, -0.15) is 0 Å². The molecule has 1 aromatic heterocycles. The summed E-state index contributed by atoms with van der Waals surface area (Å²) in [4.78, 5) is 11.5. The largest absolute Gasteiger partial charge is 0.294 e. The number of hydrogen-bond acceptors (Lipinski definition) is 4. The maximum Gasteiger partial charge on any atom is 0.187 e. The van der Waals surface area contributed by atoms with Gasteiger partial charge in [-0.25, -0.2) is 9.97 Å². The van der Waals surface area contributed by atoms with E-state index in [1.807, 2.05) is 12.5 Å². The van der Waals surface area contributed by atoms with Gasteiger partial charge in [0.25, 0.3) is 0 Å². The van der Waals surface area contributed by atoms with Gasteiger partial charge in [0.2, 0.25) is 0 Å². The van der Waals surface area contributed by atoms with E-state index in [0.29, 0.717) is 0 Å². The highest BCUT2D eigenvalue weighted by Gasteiger charge is 2.19. The Bertz CT molecular complexity index is 660. The van der Waals surface area contributed by atoms with E-state index >= 15 is 0 Å². The van der Waals surface area contributed by atoms with Crippen LogP contribution in [0.4, 0.5) is 0 Å². The highest BCUT2D eigenvalue weighted by Crippen LogP contribution is 2.24. The van der Waals surface area contributed by atoms with Gasteiger partial charge in [0.1, 0.15) is 0 Å². The number of aryl methyl sites for hydroxylation is 1. The number of aromatic nitrogens is 2. The Morgan fingerprint density at radius 3 is 3.00 bits per heavy atom. The van der Waals surface area contributed by atoms with Gasteiger partial charge in [0.15, 0.2) is 5.16 Å². The molecule has 2 heterocycles. The fraction of sp³-hybridized carbons (Fsp3) is 0.375. The van der Waals surface area contributed by atoms with Gasteiger partial charge in [0, 0.05) is 42.3 Å². The van der Waals surface area contributed by atoms with Gasteiger partial charge in [-0.1, -0.05) is 39.8 Å². The van der Waals surface area contributed by atoms with E-state index in [2.05, 4.69) is 55.9 Å². The van der Waals surface area contributed by atoms with Crippen molar-refractivity contribution in [2.45, 2.75) is 31.6 Å². The molecule has 0 radical (unpaired) electrons. The van der Waals surface area contributed by atoms with E-state index < -0.39 is 0 Å². The summed E-state index contributed by atoms with van der Waals surface area (Å²) in [5.41, 5.74) is 5.11. The summed E-state index contributed by atoms with van der Waals surface area (Å²) in [5.74, 6) is 0. The Kier molecular flexibility index (Phi) is 4.62. The van der Waals surface area contributed by atoms with Crippen molar-refractivity contribution in [2.75, 3.05) is 12.8 Å².